The molecule has 1 saturated heterocycles. The molecule has 23 heavy (non-hydrogen) atoms. The molecule has 1 atom stereocenters. The number of likely N-dealkylation sites (tertiary alicyclic amines) is 1. The molecule has 1 aliphatic heterocycles. The van der Waals surface area contributed by atoms with Gasteiger partial charge in [-0.3, -0.25) is 4.79 Å². The van der Waals surface area contributed by atoms with E-state index in [9.17, 15) is 4.79 Å². The van der Waals surface area contributed by atoms with Crippen LogP contribution in [0.1, 0.15) is 24.2 Å². The van der Waals surface area contributed by atoms with Crippen LogP contribution in [0.2, 0.25) is 0 Å². The second-order valence-corrected chi connectivity index (χ2v) is 6.34. The molecule has 1 unspecified atom stereocenters. The Balaban J connectivity index is 1.65. The molecule has 6 nitrogen and oxygen atoms in total. The molecule has 1 aliphatic rings. The number of furan rings is 1. The van der Waals surface area contributed by atoms with Gasteiger partial charge in [0.1, 0.15) is 5.76 Å². The van der Waals surface area contributed by atoms with Gasteiger partial charge in [0.2, 0.25) is 5.91 Å². The predicted octanol–water partition coefficient (Wildman–Crippen LogP) is 1.96. The van der Waals surface area contributed by atoms with Crippen LogP contribution in [0.15, 0.2) is 22.9 Å². The van der Waals surface area contributed by atoms with E-state index in [1.807, 2.05) is 26.1 Å². The Labute approximate surface area is 136 Å². The van der Waals surface area contributed by atoms with Crippen LogP contribution < -0.4 is 5.73 Å². The maximum Gasteiger partial charge on any atom is 0.221 e. The number of aryl methyl sites for hydroxylation is 2. The first-order chi connectivity index (χ1) is 11.0. The average Bonchev–Trinajstić information content (AvgIpc) is 3.12. The van der Waals surface area contributed by atoms with Crippen molar-refractivity contribution in [2.24, 2.45) is 11.7 Å². The normalized spacial score (nSPS) is 19.1. The van der Waals surface area contributed by atoms with Gasteiger partial charge in [-0.1, -0.05) is 0 Å². The summed E-state index contributed by atoms with van der Waals surface area (Å²) < 4.78 is 7.88. The topological polar surface area (TPSA) is 77.3 Å². The Bertz CT molecular complexity index is 669. The largest absolute Gasteiger partial charge is 0.458 e. The highest BCUT2D eigenvalue weighted by molar-refractivity contribution is 5.76. The second kappa shape index (κ2) is 6.58. The first kappa shape index (κ1) is 15.8. The van der Waals surface area contributed by atoms with Gasteiger partial charge in [-0.25, -0.2) is 4.98 Å². The molecule has 2 N–H and O–H groups in total. The van der Waals surface area contributed by atoms with Crippen LogP contribution in [0.25, 0.3) is 11.6 Å². The summed E-state index contributed by atoms with van der Waals surface area (Å²) in [7, 11) is 0. The summed E-state index contributed by atoms with van der Waals surface area (Å²) in [5.41, 5.74) is 6.58. The summed E-state index contributed by atoms with van der Waals surface area (Å²) in [6, 6.07) is 2.03. The Hall–Kier alpha value is -2.08. The first-order valence-corrected chi connectivity index (χ1v) is 8.15. The minimum atomic E-state index is -0.181. The van der Waals surface area contributed by atoms with Crippen LogP contribution in [0.3, 0.4) is 0 Å². The van der Waals surface area contributed by atoms with Gasteiger partial charge in [0.05, 0.1) is 5.92 Å². The molecule has 1 amide bonds. The van der Waals surface area contributed by atoms with E-state index < -0.39 is 0 Å². The van der Waals surface area contributed by atoms with Gasteiger partial charge >= 0.3 is 0 Å². The molecule has 3 rings (SSSR count). The molecule has 3 heterocycles. The van der Waals surface area contributed by atoms with Crippen molar-refractivity contribution in [3.63, 3.8) is 0 Å². The number of hydrogen-bond donors (Lipinski definition) is 1. The molecule has 6 heteroatoms. The number of rotatable bonds is 5. The number of primary amides is 1. The monoisotopic (exact) mass is 316 g/mol. The standard InChI is InChI=1S/C17H24N4O2/c1-12-10-15(23-13(12)2)17-19-5-7-21(17)9-8-20-6-3-4-14(11-20)16(18)22/h5,7,10,14H,3-4,6,8-9,11H2,1-2H3,(H2,18,22). The fraction of sp³-hybridized carbons (Fsp3) is 0.529. The van der Waals surface area contributed by atoms with Crippen molar-refractivity contribution in [3.05, 3.63) is 29.8 Å². The minimum Gasteiger partial charge on any atom is -0.458 e. The van der Waals surface area contributed by atoms with E-state index in [-0.39, 0.29) is 11.8 Å². The molecule has 0 radical (unpaired) electrons. The van der Waals surface area contributed by atoms with E-state index in [1.54, 1.807) is 6.20 Å². The van der Waals surface area contributed by atoms with E-state index in [1.165, 1.54) is 0 Å². The zero-order chi connectivity index (χ0) is 16.4. The number of hydrogen-bond acceptors (Lipinski definition) is 4. The number of nitrogens with zero attached hydrogens (tertiary/aromatic N) is 3. The molecule has 2 aromatic heterocycles. The van der Waals surface area contributed by atoms with Gasteiger partial charge in [0, 0.05) is 32.0 Å². The van der Waals surface area contributed by atoms with Crippen LogP contribution in [-0.4, -0.2) is 40.0 Å². The molecule has 1 fully saturated rings. The first-order valence-electron chi connectivity index (χ1n) is 8.15. The number of carbonyl (C=O) groups is 1. The third kappa shape index (κ3) is 3.47. The number of imidazole rings is 1. The van der Waals surface area contributed by atoms with Crippen LogP contribution >= 0.6 is 0 Å². The molecule has 2 aromatic rings. The zero-order valence-electron chi connectivity index (χ0n) is 13.8. The highest BCUT2D eigenvalue weighted by Gasteiger charge is 2.23. The minimum absolute atomic E-state index is 0.0126. The number of nitrogens with two attached hydrogens (primary N) is 1. The number of aromatic nitrogens is 2. The Kier molecular flexibility index (Phi) is 4.52. The van der Waals surface area contributed by atoms with E-state index in [0.717, 1.165) is 61.9 Å². The maximum absolute atomic E-state index is 11.4. The van der Waals surface area contributed by atoms with Crippen LogP contribution in [0.5, 0.6) is 0 Å². The molecule has 0 bridgehead atoms. The van der Waals surface area contributed by atoms with Gasteiger partial charge in [-0.05, 0) is 44.9 Å². The molecule has 0 saturated carbocycles. The second-order valence-electron chi connectivity index (χ2n) is 6.34. The smallest absolute Gasteiger partial charge is 0.221 e. The van der Waals surface area contributed by atoms with Crippen molar-refractivity contribution in [2.75, 3.05) is 19.6 Å². The third-order valence-corrected chi connectivity index (χ3v) is 4.67. The zero-order valence-corrected chi connectivity index (χ0v) is 13.8. The van der Waals surface area contributed by atoms with Crippen molar-refractivity contribution < 1.29 is 9.21 Å². The number of piperidine rings is 1. The number of amides is 1. The molecule has 0 aromatic carbocycles. The lowest BCUT2D eigenvalue weighted by atomic mass is 9.97. The fourth-order valence-corrected chi connectivity index (χ4v) is 3.14. The lowest BCUT2D eigenvalue weighted by Crippen LogP contribution is -2.42. The summed E-state index contributed by atoms with van der Waals surface area (Å²) in [5, 5.41) is 0. The van der Waals surface area contributed by atoms with Crippen LogP contribution in [0.4, 0.5) is 0 Å². The Morgan fingerprint density at radius 3 is 2.96 bits per heavy atom. The lowest BCUT2D eigenvalue weighted by molar-refractivity contribution is -0.123. The summed E-state index contributed by atoms with van der Waals surface area (Å²) in [6.45, 7) is 7.48. The third-order valence-electron chi connectivity index (χ3n) is 4.67. The summed E-state index contributed by atoms with van der Waals surface area (Å²) >= 11 is 0. The summed E-state index contributed by atoms with van der Waals surface area (Å²) in [6.07, 6.45) is 5.71. The maximum atomic E-state index is 11.4. The SMILES string of the molecule is Cc1cc(-c2nccn2CCN2CCCC(C(N)=O)C2)oc1C. The highest BCUT2D eigenvalue weighted by atomic mass is 16.3. The molecule has 0 aliphatic carbocycles. The number of carbonyl (C=O) groups excluding carboxylic acids is 1. The van der Waals surface area contributed by atoms with Crippen LogP contribution in [-0.2, 0) is 11.3 Å². The summed E-state index contributed by atoms with van der Waals surface area (Å²) in [4.78, 5) is 18.1. The Morgan fingerprint density at radius 1 is 1.43 bits per heavy atom. The van der Waals surface area contributed by atoms with Crippen molar-refractivity contribution >= 4 is 5.91 Å². The van der Waals surface area contributed by atoms with Crippen LogP contribution in [0, 0.1) is 19.8 Å². The van der Waals surface area contributed by atoms with E-state index in [2.05, 4.69) is 14.5 Å². The van der Waals surface area contributed by atoms with E-state index >= 15 is 0 Å². The van der Waals surface area contributed by atoms with Crippen molar-refractivity contribution in [1.82, 2.24) is 14.5 Å². The van der Waals surface area contributed by atoms with Crippen molar-refractivity contribution in [3.8, 4) is 11.6 Å². The lowest BCUT2D eigenvalue weighted by Gasteiger charge is -2.31. The predicted molar refractivity (Wildman–Crippen MR) is 87.8 cm³/mol. The highest BCUT2D eigenvalue weighted by Crippen LogP contribution is 2.24. The van der Waals surface area contributed by atoms with Gasteiger partial charge < -0.3 is 19.6 Å². The average molecular weight is 316 g/mol. The van der Waals surface area contributed by atoms with E-state index in [4.69, 9.17) is 10.2 Å². The van der Waals surface area contributed by atoms with Crippen molar-refractivity contribution in [2.45, 2.75) is 33.2 Å². The van der Waals surface area contributed by atoms with E-state index in [0.29, 0.717) is 0 Å². The molecule has 124 valence electrons. The molecular formula is C17H24N4O2. The Morgan fingerprint density at radius 2 is 2.26 bits per heavy atom. The van der Waals surface area contributed by atoms with Gasteiger partial charge in [-0.15, -0.1) is 0 Å². The quantitative estimate of drug-likeness (QED) is 0.914. The molecule has 0 spiro atoms. The van der Waals surface area contributed by atoms with Gasteiger partial charge in [-0.2, -0.15) is 0 Å². The van der Waals surface area contributed by atoms with Gasteiger partial charge in [0.25, 0.3) is 0 Å². The fourth-order valence-electron chi connectivity index (χ4n) is 3.14. The molecular weight excluding hydrogens is 292 g/mol. The van der Waals surface area contributed by atoms with Crippen molar-refractivity contribution in [1.29, 1.82) is 0 Å². The summed E-state index contributed by atoms with van der Waals surface area (Å²) in [5.74, 6) is 2.39. The van der Waals surface area contributed by atoms with Gasteiger partial charge in [0.15, 0.2) is 11.6 Å².